The first kappa shape index (κ1) is 24.2. The number of carboxylic acids is 1. The molecule has 2 aliphatic heterocycles. The number of aromatic nitrogens is 4. The number of nitrogens with one attached hydrogen (secondary N) is 1. The van der Waals surface area contributed by atoms with E-state index in [1.54, 1.807) is 35.1 Å². The molecule has 2 atom stereocenters. The van der Waals surface area contributed by atoms with Gasteiger partial charge in [-0.2, -0.15) is 14.6 Å². The van der Waals surface area contributed by atoms with E-state index in [4.69, 9.17) is 15.8 Å². The average Bonchev–Trinajstić information content (AvgIpc) is 3.50. The number of oxime groups is 1. The van der Waals surface area contributed by atoms with E-state index in [2.05, 4.69) is 25.9 Å². The molecule has 0 spiro atoms. The van der Waals surface area contributed by atoms with Gasteiger partial charge in [-0.1, -0.05) is 5.16 Å². The van der Waals surface area contributed by atoms with Gasteiger partial charge in [0.05, 0.1) is 17.2 Å². The molecule has 0 aromatic carbocycles. The highest BCUT2D eigenvalue weighted by atomic mass is 32.2. The summed E-state index contributed by atoms with van der Waals surface area (Å²) >= 11 is 2.18. The van der Waals surface area contributed by atoms with Gasteiger partial charge in [0.15, 0.2) is 5.13 Å². The summed E-state index contributed by atoms with van der Waals surface area (Å²) in [5.74, 6) is -2.63. The summed E-state index contributed by atoms with van der Waals surface area (Å²) < 4.78 is 7.50. The lowest BCUT2D eigenvalue weighted by molar-refractivity contribution is -0.662. The molecule has 37 heavy (non-hydrogen) atoms. The van der Waals surface area contributed by atoms with Crippen LogP contribution >= 0.6 is 23.3 Å². The zero-order valence-electron chi connectivity index (χ0n) is 19.0. The minimum atomic E-state index is -1.49. The van der Waals surface area contributed by atoms with Crippen molar-refractivity contribution in [1.82, 2.24) is 24.0 Å². The minimum absolute atomic E-state index is 0.0573. The molecular formula is C21H17N9O5S2. The molecule has 0 radical (unpaired) electrons. The van der Waals surface area contributed by atoms with Crippen LogP contribution in [0.3, 0.4) is 0 Å². The van der Waals surface area contributed by atoms with Crippen LogP contribution in [0.5, 0.6) is 0 Å². The Bertz CT molecular complexity index is 1550. The molecule has 16 heteroatoms. The van der Waals surface area contributed by atoms with Crippen LogP contribution in [0.2, 0.25) is 0 Å². The molecule has 2 amide bonds. The summed E-state index contributed by atoms with van der Waals surface area (Å²) in [6.45, 7) is 0.188. The van der Waals surface area contributed by atoms with Gasteiger partial charge in [0.2, 0.25) is 11.5 Å². The van der Waals surface area contributed by atoms with Crippen LogP contribution in [-0.4, -0.2) is 66.4 Å². The summed E-state index contributed by atoms with van der Waals surface area (Å²) in [5, 5.41) is 26.9. The number of amides is 2. The highest BCUT2D eigenvalue weighted by molar-refractivity contribution is 8.00. The van der Waals surface area contributed by atoms with Crippen molar-refractivity contribution in [2.24, 2.45) is 5.16 Å². The number of carboxylic acid groups (broad SMARTS) is 1. The van der Waals surface area contributed by atoms with Gasteiger partial charge in [0.1, 0.15) is 49.7 Å². The topological polar surface area (TPSA) is 195 Å². The third-order valence-electron chi connectivity index (χ3n) is 5.72. The molecule has 3 N–H and O–H groups in total. The van der Waals surface area contributed by atoms with Crippen LogP contribution in [-0.2, 0) is 25.8 Å². The predicted octanol–water partition coefficient (Wildman–Crippen LogP) is -2.01. The fourth-order valence-electron chi connectivity index (χ4n) is 4.12. The Labute approximate surface area is 216 Å². The molecule has 2 unspecified atom stereocenters. The van der Waals surface area contributed by atoms with Gasteiger partial charge in [-0.3, -0.25) is 14.5 Å². The largest absolute Gasteiger partial charge is 0.543 e. The summed E-state index contributed by atoms with van der Waals surface area (Å²) in [4.78, 5) is 47.7. The fourth-order valence-corrected chi connectivity index (χ4v) is 5.89. The number of nitriles is 1. The summed E-state index contributed by atoms with van der Waals surface area (Å²) in [6, 6.07) is 4.48. The number of hydrogen-bond acceptors (Lipinski definition) is 12. The zero-order valence-corrected chi connectivity index (χ0v) is 20.7. The monoisotopic (exact) mass is 539 g/mol. The highest BCUT2D eigenvalue weighted by Gasteiger charge is 2.53. The smallest absolute Gasteiger partial charge is 0.286 e. The van der Waals surface area contributed by atoms with Crippen molar-refractivity contribution < 1.29 is 28.9 Å². The number of fused-ring (bicyclic) bond motifs is 2. The van der Waals surface area contributed by atoms with Gasteiger partial charge in [-0.15, -0.1) is 11.8 Å². The predicted molar refractivity (Wildman–Crippen MR) is 127 cm³/mol. The number of aliphatic carboxylic acids is 1. The SMILES string of the molecule is CO/N=C(/C(=O)NC1C(=O)N2C(C(=O)[O-])=C(C[n+]3ccn4cc(C#N)ccc43)CSC12)c1nsc(N)n1. The lowest BCUT2D eigenvalue weighted by atomic mass is 10.0. The van der Waals surface area contributed by atoms with Crippen molar-refractivity contribution in [3.8, 4) is 6.07 Å². The number of imidazole rings is 1. The first-order valence-electron chi connectivity index (χ1n) is 10.6. The van der Waals surface area contributed by atoms with Gasteiger partial charge in [0.25, 0.3) is 17.5 Å². The van der Waals surface area contributed by atoms with E-state index in [1.807, 2.05) is 4.57 Å². The Hall–Kier alpha value is -4.49. The zero-order chi connectivity index (χ0) is 26.3. The number of thioether (sulfide) groups is 1. The number of carbonyl (C=O) groups excluding carboxylic acids is 3. The second-order valence-electron chi connectivity index (χ2n) is 7.90. The average molecular weight is 540 g/mol. The number of hydrogen-bond donors (Lipinski definition) is 2. The Kier molecular flexibility index (Phi) is 6.23. The maximum atomic E-state index is 13.0. The molecule has 5 heterocycles. The molecule has 3 aromatic rings. The lowest BCUT2D eigenvalue weighted by Crippen LogP contribution is -2.71. The fraction of sp³-hybridized carbons (Fsp3) is 0.238. The third-order valence-corrected chi connectivity index (χ3v) is 7.61. The normalized spacial score (nSPS) is 19.3. The molecule has 0 aliphatic carbocycles. The summed E-state index contributed by atoms with van der Waals surface area (Å²) in [5.41, 5.74) is 6.78. The molecule has 188 valence electrons. The molecule has 0 bridgehead atoms. The maximum Gasteiger partial charge on any atom is 0.286 e. The van der Waals surface area contributed by atoms with Crippen molar-refractivity contribution in [3.63, 3.8) is 0 Å². The molecule has 0 saturated carbocycles. The maximum absolute atomic E-state index is 13.0. The Morgan fingerprint density at radius 1 is 1.46 bits per heavy atom. The molecule has 1 saturated heterocycles. The Balaban J connectivity index is 1.37. The van der Waals surface area contributed by atoms with Crippen molar-refractivity contribution in [2.45, 2.75) is 18.0 Å². The van der Waals surface area contributed by atoms with Gasteiger partial charge < -0.3 is 25.8 Å². The lowest BCUT2D eigenvalue weighted by Gasteiger charge is -2.50. The molecule has 14 nitrogen and oxygen atoms in total. The molecular weight excluding hydrogens is 522 g/mol. The Morgan fingerprint density at radius 2 is 2.27 bits per heavy atom. The van der Waals surface area contributed by atoms with Gasteiger partial charge in [-0.05, 0) is 6.07 Å². The van der Waals surface area contributed by atoms with Gasteiger partial charge in [-0.25, -0.2) is 8.97 Å². The second kappa shape index (κ2) is 9.52. The van der Waals surface area contributed by atoms with Crippen LogP contribution in [0.25, 0.3) is 5.65 Å². The number of carbonyl (C=O) groups is 3. The van der Waals surface area contributed by atoms with E-state index < -0.39 is 29.2 Å². The third kappa shape index (κ3) is 4.23. The van der Waals surface area contributed by atoms with E-state index >= 15 is 0 Å². The van der Waals surface area contributed by atoms with Crippen LogP contribution in [0.4, 0.5) is 5.13 Å². The van der Waals surface area contributed by atoms with E-state index in [0.717, 1.165) is 22.1 Å². The first-order valence-corrected chi connectivity index (χ1v) is 12.4. The van der Waals surface area contributed by atoms with E-state index in [9.17, 15) is 19.5 Å². The number of pyridine rings is 1. The van der Waals surface area contributed by atoms with Crippen molar-refractivity contribution in [3.05, 3.63) is 53.4 Å². The van der Waals surface area contributed by atoms with Crippen LogP contribution in [0.15, 0.2) is 47.1 Å². The number of nitrogens with two attached hydrogens (primary N) is 1. The molecule has 5 rings (SSSR count). The number of β-lactam (4-membered cyclic amide) rings is 1. The minimum Gasteiger partial charge on any atom is -0.543 e. The van der Waals surface area contributed by atoms with Gasteiger partial charge >= 0.3 is 0 Å². The van der Waals surface area contributed by atoms with Crippen molar-refractivity contribution in [2.75, 3.05) is 18.6 Å². The molecule has 2 aliphatic rings. The standard InChI is InChI=1S/C21H17N9O5S2/c1-35-26-13(16-25-21(23)37-27-16)17(31)24-14-18(32)30-15(20(33)34)11(9-36-19(14)30)8-29-5-4-28-7-10(6-22)2-3-12(28)29/h2-5,7,14,19H,8-9H2,1H3,(H3-,23,24,25,27,31,33,34)/b26-13+. The quantitative estimate of drug-likeness (QED) is 0.146. The van der Waals surface area contributed by atoms with Crippen molar-refractivity contribution >= 4 is 57.6 Å². The second-order valence-corrected chi connectivity index (χ2v) is 9.79. The highest BCUT2D eigenvalue weighted by Crippen LogP contribution is 2.40. The number of nitrogens with zero attached hydrogens (tertiary/aromatic N) is 7. The summed E-state index contributed by atoms with van der Waals surface area (Å²) in [6.07, 6.45) is 5.16. The van der Waals surface area contributed by atoms with Crippen LogP contribution < -0.4 is 20.7 Å². The van der Waals surface area contributed by atoms with E-state index in [0.29, 0.717) is 11.1 Å². The Morgan fingerprint density at radius 3 is 2.95 bits per heavy atom. The van der Waals surface area contributed by atoms with Crippen LogP contribution in [0, 0.1) is 11.3 Å². The van der Waals surface area contributed by atoms with E-state index in [1.165, 1.54) is 18.9 Å². The van der Waals surface area contributed by atoms with Crippen molar-refractivity contribution in [1.29, 1.82) is 5.26 Å². The number of nitrogen functional groups attached to an aromatic ring is 1. The first-order chi connectivity index (χ1) is 17.8. The molecule has 3 aromatic heterocycles. The number of rotatable bonds is 7. The van der Waals surface area contributed by atoms with Gasteiger partial charge in [0, 0.05) is 28.9 Å². The molecule has 1 fully saturated rings. The number of anilines is 1. The van der Waals surface area contributed by atoms with Crippen LogP contribution in [0.1, 0.15) is 11.4 Å². The summed E-state index contributed by atoms with van der Waals surface area (Å²) in [7, 11) is 1.24. The van der Waals surface area contributed by atoms with E-state index in [-0.39, 0.29) is 34.7 Å².